The number of phosphoric acid groups is 1. The molecule has 4 fully saturated rings. The zero-order valence-electron chi connectivity index (χ0n) is 22.5. The zero-order valence-corrected chi connectivity index (χ0v) is 23.4. The van der Waals surface area contributed by atoms with Gasteiger partial charge in [-0.05, 0) is 56.6 Å². The number of halogens is 1. The van der Waals surface area contributed by atoms with E-state index < -0.39 is 65.9 Å². The third-order valence-electron chi connectivity index (χ3n) is 10.1. The van der Waals surface area contributed by atoms with Gasteiger partial charge in [-0.2, -0.15) is 0 Å². The molecule has 5 aliphatic rings. The average Bonchev–Trinajstić information content (AvgIpc) is 3.06. The summed E-state index contributed by atoms with van der Waals surface area (Å²) in [5.41, 5.74) is -6.58. The number of phosphoric ester groups is 1. The Morgan fingerprint density at radius 2 is 1.95 bits per heavy atom. The lowest BCUT2D eigenvalue weighted by atomic mass is 9.44. The number of aliphatic hydroxyl groups excluding tert-OH is 2. The van der Waals surface area contributed by atoms with Crippen LogP contribution in [0.5, 0.6) is 0 Å². The van der Waals surface area contributed by atoms with Crippen LogP contribution >= 0.6 is 7.82 Å². The Morgan fingerprint density at radius 1 is 1.31 bits per heavy atom. The number of quaternary nitrogens is 1. The molecule has 39 heavy (non-hydrogen) atoms. The van der Waals surface area contributed by atoms with Crippen LogP contribution in [0, 0.1) is 28.6 Å². The maximum atomic E-state index is 17.0. The van der Waals surface area contributed by atoms with Gasteiger partial charge in [0.05, 0.1) is 19.2 Å². The second kappa shape index (κ2) is 10.5. The fraction of sp³-hybridized carbons (Fsp3) is 0.769. The van der Waals surface area contributed by atoms with E-state index in [0.29, 0.717) is 12.0 Å². The monoisotopic (exact) mass is 574 g/mol. The first-order valence-corrected chi connectivity index (χ1v) is 15.0. The number of aliphatic hydroxyl groups is 3. The fourth-order valence-corrected chi connectivity index (χ4v) is 8.46. The summed E-state index contributed by atoms with van der Waals surface area (Å²) in [5, 5.41) is 38.4. The molecule has 11 nitrogen and oxygen atoms in total. The van der Waals surface area contributed by atoms with Crippen LogP contribution in [0.3, 0.4) is 0 Å². The predicted molar refractivity (Wildman–Crippen MR) is 134 cm³/mol. The van der Waals surface area contributed by atoms with E-state index in [1.165, 1.54) is 58.3 Å². The summed E-state index contributed by atoms with van der Waals surface area (Å²) >= 11 is 0. The predicted octanol–water partition coefficient (Wildman–Crippen LogP) is -1.15. The van der Waals surface area contributed by atoms with Crippen molar-refractivity contribution in [2.75, 3.05) is 26.2 Å². The lowest BCUT2D eigenvalue weighted by Gasteiger charge is -2.62. The number of carbonyl (C=O) groups is 2. The summed E-state index contributed by atoms with van der Waals surface area (Å²) in [7, 11) is -5.48. The van der Waals surface area contributed by atoms with Crippen LogP contribution in [0.4, 0.5) is 4.39 Å². The Kier molecular flexibility index (Phi) is 8.24. The van der Waals surface area contributed by atoms with Crippen molar-refractivity contribution in [2.45, 2.75) is 70.1 Å². The van der Waals surface area contributed by atoms with Crippen LogP contribution < -0.4 is 15.5 Å². The van der Waals surface area contributed by atoms with Crippen LogP contribution in [0.15, 0.2) is 23.8 Å². The number of nitrogens with two attached hydrogens (primary N) is 1. The summed E-state index contributed by atoms with van der Waals surface area (Å²) < 4.78 is 32.1. The highest BCUT2D eigenvalue weighted by atomic mass is 31.2. The Hall–Kier alpha value is -1.34. The van der Waals surface area contributed by atoms with Crippen molar-refractivity contribution in [3.05, 3.63) is 23.8 Å². The maximum Gasteiger partial charge on any atom is 0.267 e. The van der Waals surface area contributed by atoms with Gasteiger partial charge < -0.3 is 35.7 Å². The molecule has 3 saturated carbocycles. The molecule has 0 amide bonds. The number of hydrogen-bond acceptors (Lipinski definition) is 9. The molecule has 5 rings (SSSR count). The average molecular weight is 575 g/mol. The number of piperazine rings is 1. The van der Waals surface area contributed by atoms with Crippen molar-refractivity contribution in [2.24, 2.45) is 28.6 Å². The van der Waals surface area contributed by atoms with E-state index in [4.69, 9.17) is 4.89 Å². The van der Waals surface area contributed by atoms with E-state index >= 15 is 4.39 Å². The molecule has 13 heteroatoms. The van der Waals surface area contributed by atoms with Crippen LogP contribution in [-0.4, -0.2) is 81.6 Å². The summed E-state index contributed by atoms with van der Waals surface area (Å²) in [6.45, 7) is 9.61. The molecule has 0 aromatic heterocycles. The first-order valence-electron chi connectivity index (χ1n) is 13.5. The Labute approximate surface area is 227 Å². The maximum absolute atomic E-state index is 17.0. The summed E-state index contributed by atoms with van der Waals surface area (Å²) in [4.78, 5) is 44.8. The Morgan fingerprint density at radius 3 is 2.49 bits per heavy atom. The van der Waals surface area contributed by atoms with E-state index in [0.717, 1.165) is 0 Å². The number of Topliss-reactive ketones (excluding diaryl/α,β-unsaturated/α-hetero) is 1. The van der Waals surface area contributed by atoms with Crippen molar-refractivity contribution >= 4 is 19.4 Å². The number of ketones is 2. The second-order valence-electron chi connectivity index (χ2n) is 12.1. The largest absolute Gasteiger partial charge is 0.756 e. The highest BCUT2D eigenvalue weighted by molar-refractivity contribution is 7.44. The minimum absolute atomic E-state index is 0.181. The van der Waals surface area contributed by atoms with Gasteiger partial charge in [-0.3, -0.25) is 18.7 Å². The third-order valence-corrected chi connectivity index (χ3v) is 10.6. The normalized spacial score (nSPS) is 45.5. The van der Waals surface area contributed by atoms with Gasteiger partial charge in [0, 0.05) is 29.8 Å². The molecule has 1 aliphatic heterocycles. The van der Waals surface area contributed by atoms with E-state index in [9.17, 15) is 34.4 Å². The second-order valence-corrected chi connectivity index (χ2v) is 13.2. The van der Waals surface area contributed by atoms with Gasteiger partial charge in [-0.25, -0.2) is 4.39 Å². The first-order chi connectivity index (χ1) is 18.0. The van der Waals surface area contributed by atoms with Crippen molar-refractivity contribution in [1.29, 1.82) is 0 Å². The SMILES string of the molecule is C1C[NH2+]CCN1.CC1CC2C3CCC4=CC(=O)C=C[C@]4(C)C3(F)C(O)C[C@]2(C)[C@@]1(O)C(=O)C(O)OP(=O)([O-])O. The summed E-state index contributed by atoms with van der Waals surface area (Å²) in [6.07, 6.45) is 0.417. The molecular formula is C26H40FN2O9P. The number of allylic oxidation sites excluding steroid dienone is 4. The van der Waals surface area contributed by atoms with E-state index in [1.807, 2.05) is 0 Å². The van der Waals surface area contributed by atoms with Gasteiger partial charge in [0.25, 0.3) is 7.82 Å². The highest BCUT2D eigenvalue weighted by Gasteiger charge is 2.76. The number of carbonyl (C=O) groups excluding carboxylic acids is 2. The molecule has 0 aromatic carbocycles. The summed E-state index contributed by atoms with van der Waals surface area (Å²) in [6, 6.07) is 0. The smallest absolute Gasteiger partial charge is 0.267 e. The fourth-order valence-electron chi connectivity index (χ4n) is 8.11. The molecule has 7 unspecified atom stereocenters. The molecule has 10 atom stereocenters. The number of rotatable bonds is 4. The molecule has 0 aromatic rings. The van der Waals surface area contributed by atoms with Gasteiger partial charge in [0.15, 0.2) is 11.5 Å². The molecule has 1 heterocycles. The van der Waals surface area contributed by atoms with Crippen molar-refractivity contribution < 1.29 is 53.5 Å². The molecule has 0 radical (unpaired) electrons. The van der Waals surface area contributed by atoms with Gasteiger partial charge in [0.1, 0.15) is 5.60 Å². The quantitative estimate of drug-likeness (QED) is 0.176. The molecule has 0 spiro atoms. The van der Waals surface area contributed by atoms with Crippen LogP contribution in [0.25, 0.3) is 0 Å². The van der Waals surface area contributed by atoms with Gasteiger partial charge in [0.2, 0.25) is 12.1 Å². The highest BCUT2D eigenvalue weighted by Crippen LogP contribution is 2.70. The number of fused-ring (bicyclic) bond motifs is 5. The van der Waals surface area contributed by atoms with Gasteiger partial charge >= 0.3 is 0 Å². The molecule has 7 N–H and O–H groups in total. The lowest BCUT2D eigenvalue weighted by Crippen LogP contribution is -2.89. The van der Waals surface area contributed by atoms with Crippen molar-refractivity contribution in [3.63, 3.8) is 0 Å². The zero-order chi connectivity index (χ0) is 29.0. The van der Waals surface area contributed by atoms with E-state index in [1.54, 1.807) is 6.92 Å². The standard InChI is InChI=1S/C22H30FO9P.C4H10N2/c1-11-8-15-14-5-4-12-9-13(24)6-7-19(12,2)21(14,23)16(25)10-20(15,3)22(11,28)17(26)18(27)32-33(29,30)31;1-2-6-4-3-5-1/h6-7,9,11,14-16,18,25,27-28H,4-5,8,10H2,1-3H3,(H2,29,30,31);5-6H,1-4H2/t11?,14?,15?,16?,18?,19-,20-,21?,22-;/m0./s1. The third kappa shape index (κ3) is 4.81. The van der Waals surface area contributed by atoms with Crippen LogP contribution in [0.2, 0.25) is 0 Å². The Balaban J connectivity index is 0.000000519. The van der Waals surface area contributed by atoms with Crippen molar-refractivity contribution in [1.82, 2.24) is 5.32 Å². The number of alkyl halides is 1. The summed E-state index contributed by atoms with van der Waals surface area (Å²) in [5.74, 6) is -3.82. The molecule has 1 saturated heterocycles. The number of nitrogens with one attached hydrogen (secondary N) is 1. The van der Waals surface area contributed by atoms with Gasteiger partial charge in [-0.15, -0.1) is 0 Å². The lowest BCUT2D eigenvalue weighted by molar-refractivity contribution is -0.657. The van der Waals surface area contributed by atoms with E-state index in [-0.39, 0.29) is 25.0 Å². The van der Waals surface area contributed by atoms with E-state index in [2.05, 4.69) is 15.2 Å². The van der Waals surface area contributed by atoms with Crippen LogP contribution in [0.1, 0.15) is 46.5 Å². The first kappa shape index (κ1) is 30.6. The van der Waals surface area contributed by atoms with Crippen LogP contribution in [-0.2, 0) is 18.7 Å². The van der Waals surface area contributed by atoms with Gasteiger partial charge in [-0.1, -0.05) is 25.5 Å². The molecular weight excluding hydrogens is 534 g/mol. The minimum atomic E-state index is -5.48. The molecule has 4 aliphatic carbocycles. The van der Waals surface area contributed by atoms with Crippen molar-refractivity contribution in [3.8, 4) is 0 Å². The minimum Gasteiger partial charge on any atom is -0.756 e. The topological polar surface area (TPSA) is 193 Å². The molecule has 220 valence electrons. The Bertz CT molecular complexity index is 1100. The molecule has 0 bridgehead atoms. The number of hydrogen-bond donors (Lipinski definition) is 6.